The van der Waals surface area contributed by atoms with Gasteiger partial charge < -0.3 is 0 Å². The van der Waals surface area contributed by atoms with Gasteiger partial charge in [0.25, 0.3) is 5.84 Å². The Hall–Kier alpha value is -2.09. The molecular weight excluding hydrogens is 304 g/mol. The molecule has 0 fully saturated rings. The van der Waals surface area contributed by atoms with E-state index in [4.69, 9.17) is 5.73 Å². The lowest BCUT2D eigenvalue weighted by Crippen LogP contribution is -2.70. The van der Waals surface area contributed by atoms with Crippen LogP contribution in [0, 0.1) is 11.8 Å². The second kappa shape index (κ2) is 8.84. The summed E-state index contributed by atoms with van der Waals surface area (Å²) in [5.74, 6) is 2.31. The Morgan fingerprint density at radius 1 is 0.760 bits per heavy atom. The van der Waals surface area contributed by atoms with E-state index in [-0.39, 0.29) is 5.92 Å². The number of rotatable bonds is 7. The van der Waals surface area contributed by atoms with E-state index in [0.717, 1.165) is 24.4 Å². The summed E-state index contributed by atoms with van der Waals surface area (Å²) in [6, 6.07) is 17.4. The van der Waals surface area contributed by atoms with Crippen molar-refractivity contribution >= 4 is 11.5 Å². The van der Waals surface area contributed by atoms with Gasteiger partial charge in [-0.3, -0.25) is 5.73 Å². The van der Waals surface area contributed by atoms with Gasteiger partial charge in [0.05, 0.1) is 5.92 Å². The van der Waals surface area contributed by atoms with E-state index in [1.165, 1.54) is 16.7 Å². The summed E-state index contributed by atoms with van der Waals surface area (Å²) in [5, 5.41) is 0. The quantitative estimate of drug-likeness (QED) is 0.583. The molecule has 0 heterocycles. The lowest BCUT2D eigenvalue weighted by Gasteiger charge is -2.10. The van der Waals surface area contributed by atoms with Gasteiger partial charge in [-0.1, -0.05) is 64.1 Å². The third kappa shape index (κ3) is 6.04. The molecular formula is C23H33N2+. The minimum absolute atomic E-state index is 0.170. The molecule has 3 N–H and O–H groups in total. The van der Waals surface area contributed by atoms with E-state index in [0.29, 0.717) is 11.8 Å². The Morgan fingerprint density at radius 3 is 1.64 bits per heavy atom. The molecule has 0 amide bonds. The van der Waals surface area contributed by atoms with Crippen LogP contribution in [-0.4, -0.2) is 5.84 Å². The summed E-state index contributed by atoms with van der Waals surface area (Å²) in [7, 11) is 0. The van der Waals surface area contributed by atoms with E-state index in [9.17, 15) is 0 Å². The van der Waals surface area contributed by atoms with Gasteiger partial charge in [-0.05, 0) is 60.4 Å². The van der Waals surface area contributed by atoms with Crippen LogP contribution in [0.1, 0.15) is 57.2 Å². The highest BCUT2D eigenvalue weighted by Crippen LogP contribution is 2.17. The third-order valence-corrected chi connectivity index (χ3v) is 4.48. The minimum atomic E-state index is 0.170. The average molecular weight is 338 g/mol. The first-order valence-electron chi connectivity index (χ1n) is 9.42. The summed E-state index contributed by atoms with van der Waals surface area (Å²) >= 11 is 0. The van der Waals surface area contributed by atoms with Crippen molar-refractivity contribution in [3.63, 3.8) is 0 Å². The van der Waals surface area contributed by atoms with Crippen LogP contribution in [0.4, 0.5) is 5.69 Å². The number of benzene rings is 2. The molecule has 0 aliphatic carbocycles. The van der Waals surface area contributed by atoms with E-state index in [1.807, 2.05) is 0 Å². The fraction of sp³-hybridized carbons (Fsp3) is 0.435. The van der Waals surface area contributed by atoms with Crippen LogP contribution in [0.2, 0.25) is 0 Å². The second-order valence-electron chi connectivity index (χ2n) is 7.94. The average Bonchev–Trinajstić information content (AvgIpc) is 2.55. The van der Waals surface area contributed by atoms with Crippen LogP contribution < -0.4 is 10.7 Å². The van der Waals surface area contributed by atoms with Crippen molar-refractivity contribution in [2.45, 2.75) is 53.4 Å². The number of hydrogen-bond acceptors (Lipinski definition) is 0. The van der Waals surface area contributed by atoms with Crippen molar-refractivity contribution in [3.05, 3.63) is 65.2 Å². The first-order valence-corrected chi connectivity index (χ1v) is 9.42. The number of nitrogens with two attached hydrogens (primary N) is 1. The van der Waals surface area contributed by atoms with Crippen molar-refractivity contribution in [2.75, 3.05) is 0 Å². The Balaban J connectivity index is 2.07. The number of hydrogen-bond donors (Lipinski definition) is 2. The molecule has 0 saturated carbocycles. The third-order valence-electron chi connectivity index (χ3n) is 4.48. The van der Waals surface area contributed by atoms with Gasteiger partial charge >= 0.3 is 0 Å². The maximum Gasteiger partial charge on any atom is 0.252 e. The number of nitrogens with one attached hydrogen (secondary N) is 1. The predicted molar refractivity (Wildman–Crippen MR) is 108 cm³/mol. The van der Waals surface area contributed by atoms with Crippen molar-refractivity contribution < 1.29 is 4.99 Å². The summed E-state index contributed by atoms with van der Waals surface area (Å²) in [6.07, 6.45) is 2.23. The van der Waals surface area contributed by atoms with Crippen LogP contribution >= 0.6 is 0 Å². The number of amidine groups is 1. The Morgan fingerprint density at radius 2 is 1.20 bits per heavy atom. The molecule has 0 radical (unpaired) electrons. The highest BCUT2D eigenvalue weighted by Gasteiger charge is 2.15. The van der Waals surface area contributed by atoms with E-state index in [1.54, 1.807) is 0 Å². The Kier molecular flexibility index (Phi) is 6.81. The van der Waals surface area contributed by atoms with Crippen molar-refractivity contribution in [2.24, 2.45) is 17.6 Å². The summed E-state index contributed by atoms with van der Waals surface area (Å²) in [4.78, 5) is 3.36. The normalized spacial score (nSPS) is 13.5. The second-order valence-corrected chi connectivity index (χ2v) is 7.94. The molecule has 1 atom stereocenters. The largest absolute Gasteiger partial charge is 0.290 e. The minimum Gasteiger partial charge on any atom is -0.290 e. The van der Waals surface area contributed by atoms with Gasteiger partial charge in [-0.25, -0.2) is 4.99 Å². The standard InChI is InChI=1S/C23H32N2/c1-16(2)14-19-6-10-21(11-7-19)18(5)23(24)25-22-12-8-20(9-13-22)15-17(3)4/h6-13,16-18H,14-15H2,1-5H3,(H2,24,25)/p+1/t18-/m1/s1. The molecule has 2 aromatic rings. The molecule has 0 aliphatic rings. The van der Waals surface area contributed by atoms with Crippen LogP contribution in [0.25, 0.3) is 0 Å². The summed E-state index contributed by atoms with van der Waals surface area (Å²) in [6.45, 7) is 11.1. The smallest absolute Gasteiger partial charge is 0.252 e. The van der Waals surface area contributed by atoms with Crippen LogP contribution in [0.3, 0.4) is 0 Å². The zero-order valence-corrected chi connectivity index (χ0v) is 16.3. The molecule has 0 saturated heterocycles. The summed E-state index contributed by atoms with van der Waals surface area (Å²) < 4.78 is 0. The van der Waals surface area contributed by atoms with Gasteiger partial charge in [-0.15, -0.1) is 0 Å². The molecule has 0 unspecified atom stereocenters. The van der Waals surface area contributed by atoms with Gasteiger partial charge in [0.15, 0.2) is 0 Å². The molecule has 2 nitrogen and oxygen atoms in total. The highest BCUT2D eigenvalue weighted by atomic mass is 14.9. The van der Waals surface area contributed by atoms with Gasteiger partial charge in [0, 0.05) is 0 Å². The van der Waals surface area contributed by atoms with Gasteiger partial charge in [-0.2, -0.15) is 0 Å². The maximum absolute atomic E-state index is 6.32. The maximum atomic E-state index is 6.32. The fourth-order valence-corrected chi connectivity index (χ4v) is 3.06. The van der Waals surface area contributed by atoms with Crippen molar-refractivity contribution in [1.82, 2.24) is 0 Å². The van der Waals surface area contributed by atoms with Crippen LogP contribution in [-0.2, 0) is 12.8 Å². The predicted octanol–water partition coefficient (Wildman–Crippen LogP) is 3.96. The van der Waals surface area contributed by atoms with Crippen molar-refractivity contribution in [1.29, 1.82) is 0 Å². The molecule has 134 valence electrons. The molecule has 0 bridgehead atoms. The molecule has 2 aromatic carbocycles. The molecule has 0 spiro atoms. The Bertz CT molecular complexity index is 679. The first kappa shape index (κ1) is 19.2. The molecule has 25 heavy (non-hydrogen) atoms. The van der Waals surface area contributed by atoms with Gasteiger partial charge in [0.1, 0.15) is 5.69 Å². The zero-order chi connectivity index (χ0) is 18.4. The molecule has 0 aromatic heterocycles. The zero-order valence-electron chi connectivity index (χ0n) is 16.3. The summed E-state index contributed by atoms with van der Waals surface area (Å²) in [5.41, 5.74) is 11.4. The first-order chi connectivity index (χ1) is 11.8. The molecule has 2 heteroatoms. The lowest BCUT2D eigenvalue weighted by molar-refractivity contribution is -0.357. The SMILES string of the molecule is CC(C)Cc1ccc([NH+]=C(N)[C@H](C)c2ccc(CC(C)C)cc2)cc1. The topological polar surface area (TPSA) is 40.0 Å². The van der Waals surface area contributed by atoms with Crippen molar-refractivity contribution in [3.8, 4) is 0 Å². The van der Waals surface area contributed by atoms with Crippen LogP contribution in [0.5, 0.6) is 0 Å². The van der Waals surface area contributed by atoms with Gasteiger partial charge in [0.2, 0.25) is 0 Å². The monoisotopic (exact) mass is 337 g/mol. The Labute approximate surface area is 153 Å². The fourth-order valence-electron chi connectivity index (χ4n) is 3.06. The van der Waals surface area contributed by atoms with E-state index >= 15 is 0 Å². The van der Waals surface area contributed by atoms with E-state index in [2.05, 4.69) is 88.1 Å². The van der Waals surface area contributed by atoms with E-state index < -0.39 is 0 Å². The molecule has 2 rings (SSSR count). The lowest BCUT2D eigenvalue weighted by atomic mass is 9.96. The van der Waals surface area contributed by atoms with Crippen LogP contribution in [0.15, 0.2) is 48.5 Å². The molecule has 0 aliphatic heterocycles. The highest BCUT2D eigenvalue weighted by molar-refractivity contribution is 5.82.